The normalized spacial score (nSPS) is 12.2. The van der Waals surface area contributed by atoms with Crippen LogP contribution in [0.15, 0.2) is 68.5 Å². The number of rotatable bonds is 5. The summed E-state index contributed by atoms with van der Waals surface area (Å²) in [5, 5.41) is 17.6. The minimum absolute atomic E-state index is 0.0243. The Bertz CT molecular complexity index is 1140. The topological polar surface area (TPSA) is 79.5 Å². The van der Waals surface area contributed by atoms with Crippen molar-refractivity contribution in [2.75, 3.05) is 0 Å². The van der Waals surface area contributed by atoms with Crippen molar-refractivity contribution in [3.8, 4) is 0 Å². The zero-order valence-corrected chi connectivity index (χ0v) is 15.7. The molecule has 0 aliphatic heterocycles. The average Bonchev–Trinajstić information content (AvgIpc) is 3.37. The number of thiophene rings is 2. The standard InChI is InChI=1S/C20H15NO4S2/c22-18(13-7-8-26-11-13)17-6-5-14(27-17)10-21-19(23)15-9-12-3-1-2-4-16(12)25-20(15)24/h1-9,11,18,22H,10H2,(H,21,23)/t18-/m0/s1. The van der Waals surface area contributed by atoms with Crippen LogP contribution in [0.25, 0.3) is 11.0 Å². The van der Waals surface area contributed by atoms with Crippen LogP contribution in [0.1, 0.15) is 31.8 Å². The number of nitrogens with one attached hydrogen (secondary N) is 1. The van der Waals surface area contributed by atoms with Gasteiger partial charge in [-0.2, -0.15) is 11.3 Å². The summed E-state index contributed by atoms with van der Waals surface area (Å²) in [6.45, 7) is 0.270. The number of carbonyl (C=O) groups is 1. The van der Waals surface area contributed by atoms with Crippen molar-refractivity contribution >= 4 is 39.5 Å². The van der Waals surface area contributed by atoms with Gasteiger partial charge in [-0.15, -0.1) is 11.3 Å². The summed E-state index contributed by atoms with van der Waals surface area (Å²) >= 11 is 2.95. The van der Waals surface area contributed by atoms with Crippen LogP contribution in [-0.4, -0.2) is 11.0 Å². The fourth-order valence-corrected chi connectivity index (χ4v) is 4.36. The van der Waals surface area contributed by atoms with Gasteiger partial charge in [-0.25, -0.2) is 4.79 Å². The van der Waals surface area contributed by atoms with E-state index in [-0.39, 0.29) is 12.1 Å². The number of para-hydroxylation sites is 1. The molecule has 0 aliphatic carbocycles. The zero-order valence-electron chi connectivity index (χ0n) is 14.0. The van der Waals surface area contributed by atoms with Crippen molar-refractivity contribution in [3.05, 3.63) is 90.6 Å². The predicted octanol–water partition coefficient (Wildman–Crippen LogP) is 3.93. The molecule has 3 heterocycles. The SMILES string of the molecule is O=C(NCc1ccc([C@@H](O)c2ccsc2)s1)c1cc2ccccc2oc1=O. The van der Waals surface area contributed by atoms with Crippen molar-refractivity contribution in [2.24, 2.45) is 0 Å². The van der Waals surface area contributed by atoms with Gasteiger partial charge in [0.2, 0.25) is 0 Å². The molecule has 0 unspecified atom stereocenters. The molecule has 2 N–H and O–H groups in total. The summed E-state index contributed by atoms with van der Waals surface area (Å²) in [5.74, 6) is -0.483. The number of benzene rings is 1. The summed E-state index contributed by atoms with van der Waals surface area (Å²) in [6, 6.07) is 14.2. The Morgan fingerprint density at radius 1 is 1.19 bits per heavy atom. The van der Waals surface area contributed by atoms with E-state index in [9.17, 15) is 14.7 Å². The van der Waals surface area contributed by atoms with Gasteiger partial charge in [0.1, 0.15) is 17.3 Å². The Hall–Kier alpha value is -2.74. The van der Waals surface area contributed by atoms with Crippen LogP contribution in [0, 0.1) is 0 Å². The molecule has 0 aliphatic rings. The summed E-state index contributed by atoms with van der Waals surface area (Å²) in [5.41, 5.74) is 0.616. The quantitative estimate of drug-likeness (QED) is 0.500. The first kappa shape index (κ1) is 17.7. The molecular weight excluding hydrogens is 382 g/mol. The second-order valence-electron chi connectivity index (χ2n) is 5.93. The van der Waals surface area contributed by atoms with Crippen LogP contribution in [-0.2, 0) is 6.54 Å². The molecule has 0 radical (unpaired) electrons. The molecule has 5 nitrogen and oxygen atoms in total. The largest absolute Gasteiger partial charge is 0.422 e. The molecule has 0 spiro atoms. The lowest BCUT2D eigenvalue weighted by Crippen LogP contribution is -2.27. The highest BCUT2D eigenvalue weighted by atomic mass is 32.1. The van der Waals surface area contributed by atoms with Crippen molar-refractivity contribution < 1.29 is 14.3 Å². The summed E-state index contributed by atoms with van der Waals surface area (Å²) in [4.78, 5) is 26.1. The van der Waals surface area contributed by atoms with Crippen molar-refractivity contribution in [2.45, 2.75) is 12.6 Å². The van der Waals surface area contributed by atoms with Crippen molar-refractivity contribution in [3.63, 3.8) is 0 Å². The van der Waals surface area contributed by atoms with Crippen LogP contribution in [0.4, 0.5) is 0 Å². The van der Waals surface area contributed by atoms with Gasteiger partial charge >= 0.3 is 5.63 Å². The number of carbonyl (C=O) groups excluding carboxylic acids is 1. The molecule has 0 bridgehead atoms. The monoisotopic (exact) mass is 397 g/mol. The highest BCUT2D eigenvalue weighted by Crippen LogP contribution is 2.29. The molecule has 0 fully saturated rings. The molecule has 27 heavy (non-hydrogen) atoms. The fraction of sp³-hybridized carbons (Fsp3) is 0.100. The molecule has 4 aromatic rings. The highest BCUT2D eigenvalue weighted by Gasteiger charge is 2.16. The Kier molecular flexibility index (Phi) is 4.89. The lowest BCUT2D eigenvalue weighted by molar-refractivity contribution is 0.0948. The Morgan fingerprint density at radius 3 is 2.85 bits per heavy atom. The number of hydrogen-bond donors (Lipinski definition) is 2. The van der Waals surface area contributed by atoms with Gasteiger partial charge in [-0.3, -0.25) is 4.79 Å². The zero-order chi connectivity index (χ0) is 18.8. The first-order valence-corrected chi connectivity index (χ1v) is 9.97. The lowest BCUT2D eigenvalue weighted by atomic mass is 10.1. The van der Waals surface area contributed by atoms with Gasteiger partial charge in [0, 0.05) is 15.1 Å². The molecule has 1 atom stereocenters. The average molecular weight is 397 g/mol. The first-order chi connectivity index (χ1) is 13.1. The number of aliphatic hydroxyl groups excluding tert-OH is 1. The fourth-order valence-electron chi connectivity index (χ4n) is 2.71. The van der Waals surface area contributed by atoms with Gasteiger partial charge in [0.25, 0.3) is 5.91 Å². The third-order valence-electron chi connectivity index (χ3n) is 4.12. The van der Waals surface area contributed by atoms with Gasteiger partial charge in [0.05, 0.1) is 6.54 Å². The maximum atomic E-state index is 12.4. The molecule has 136 valence electrons. The summed E-state index contributed by atoms with van der Waals surface area (Å²) in [7, 11) is 0. The Balaban J connectivity index is 1.47. The second kappa shape index (κ2) is 7.48. The van der Waals surface area contributed by atoms with Gasteiger partial charge < -0.3 is 14.8 Å². The van der Waals surface area contributed by atoms with E-state index in [1.165, 1.54) is 28.7 Å². The summed E-state index contributed by atoms with van der Waals surface area (Å²) in [6.07, 6.45) is -0.668. The van der Waals surface area contributed by atoms with E-state index in [0.717, 1.165) is 15.3 Å². The molecular formula is C20H15NO4S2. The molecule has 3 aromatic heterocycles. The van der Waals surface area contributed by atoms with E-state index in [0.29, 0.717) is 11.0 Å². The van der Waals surface area contributed by atoms with Gasteiger partial charge in [-0.1, -0.05) is 18.2 Å². The van der Waals surface area contributed by atoms with E-state index >= 15 is 0 Å². The van der Waals surface area contributed by atoms with Crippen molar-refractivity contribution in [1.82, 2.24) is 5.32 Å². The smallest absolute Gasteiger partial charge is 0.349 e. The van der Waals surface area contributed by atoms with Crippen molar-refractivity contribution in [1.29, 1.82) is 0 Å². The van der Waals surface area contributed by atoms with E-state index in [4.69, 9.17) is 4.42 Å². The first-order valence-electron chi connectivity index (χ1n) is 8.21. The molecule has 1 amide bonds. The second-order valence-corrected chi connectivity index (χ2v) is 7.91. The molecule has 0 saturated carbocycles. The van der Waals surface area contributed by atoms with Gasteiger partial charge in [-0.05, 0) is 46.7 Å². The minimum atomic E-state index is -0.668. The minimum Gasteiger partial charge on any atom is -0.422 e. The number of amides is 1. The number of fused-ring (bicyclic) bond motifs is 1. The third kappa shape index (κ3) is 3.71. The van der Waals surface area contributed by atoms with Crippen LogP contribution in [0.3, 0.4) is 0 Å². The van der Waals surface area contributed by atoms with E-state index in [1.54, 1.807) is 18.2 Å². The maximum Gasteiger partial charge on any atom is 0.349 e. The maximum absolute atomic E-state index is 12.4. The van der Waals surface area contributed by atoms with E-state index < -0.39 is 17.6 Å². The summed E-state index contributed by atoms with van der Waals surface area (Å²) < 4.78 is 5.20. The highest BCUT2D eigenvalue weighted by molar-refractivity contribution is 7.12. The molecule has 0 saturated heterocycles. The Morgan fingerprint density at radius 2 is 2.04 bits per heavy atom. The van der Waals surface area contributed by atoms with Gasteiger partial charge in [0.15, 0.2) is 0 Å². The number of aliphatic hydroxyl groups is 1. The third-order valence-corrected chi connectivity index (χ3v) is 5.96. The van der Waals surface area contributed by atoms with E-state index in [2.05, 4.69) is 5.32 Å². The van der Waals surface area contributed by atoms with Crippen LogP contribution >= 0.6 is 22.7 Å². The Labute approximate surface area is 162 Å². The van der Waals surface area contributed by atoms with Crippen LogP contribution < -0.4 is 10.9 Å². The van der Waals surface area contributed by atoms with Crippen LogP contribution in [0.2, 0.25) is 0 Å². The molecule has 4 rings (SSSR count). The number of hydrogen-bond acceptors (Lipinski definition) is 6. The molecule has 7 heteroatoms. The van der Waals surface area contributed by atoms with E-state index in [1.807, 2.05) is 35.0 Å². The lowest BCUT2D eigenvalue weighted by Gasteiger charge is -2.06. The van der Waals surface area contributed by atoms with Crippen LogP contribution in [0.5, 0.6) is 0 Å². The molecule has 1 aromatic carbocycles. The predicted molar refractivity (Wildman–Crippen MR) is 106 cm³/mol.